The fraction of sp³-hybridized carbons (Fsp3) is 0.278. The summed E-state index contributed by atoms with van der Waals surface area (Å²) in [7, 11) is 0. The second-order valence-corrected chi connectivity index (χ2v) is 6.26. The van der Waals surface area contributed by atoms with Gasteiger partial charge in [-0.2, -0.15) is 0 Å². The maximum Gasteiger partial charge on any atom is 0.169 e. The highest BCUT2D eigenvalue weighted by molar-refractivity contribution is 6.05. The fourth-order valence-electron chi connectivity index (χ4n) is 3.87. The van der Waals surface area contributed by atoms with Crippen LogP contribution in [0, 0.1) is 5.41 Å². The number of hydrogen-bond acceptors (Lipinski definition) is 3. The summed E-state index contributed by atoms with van der Waals surface area (Å²) in [5, 5.41) is 19.2. The van der Waals surface area contributed by atoms with E-state index in [2.05, 4.69) is 0 Å². The summed E-state index contributed by atoms with van der Waals surface area (Å²) in [6.45, 7) is 0. The third-order valence-electron chi connectivity index (χ3n) is 4.94. The first-order valence-corrected chi connectivity index (χ1v) is 7.25. The molecule has 0 heterocycles. The van der Waals surface area contributed by atoms with Crippen LogP contribution < -0.4 is 0 Å². The molecule has 0 radical (unpaired) electrons. The Balaban J connectivity index is 1.75. The quantitative estimate of drug-likeness (QED) is 0.780. The van der Waals surface area contributed by atoms with Crippen molar-refractivity contribution in [3.05, 3.63) is 58.7 Å². The largest absolute Gasteiger partial charge is 0.508 e. The van der Waals surface area contributed by atoms with Gasteiger partial charge in [-0.25, -0.2) is 0 Å². The van der Waals surface area contributed by atoms with Crippen LogP contribution in [0.15, 0.2) is 36.4 Å². The van der Waals surface area contributed by atoms with Gasteiger partial charge in [-0.3, -0.25) is 4.79 Å². The van der Waals surface area contributed by atoms with E-state index in [0.717, 1.165) is 41.5 Å². The number of ketones is 1. The smallest absolute Gasteiger partial charge is 0.169 e. The lowest BCUT2D eigenvalue weighted by atomic mass is 9.69. The lowest BCUT2D eigenvalue weighted by molar-refractivity contribution is 0.0794. The van der Waals surface area contributed by atoms with Crippen molar-refractivity contribution in [1.82, 2.24) is 0 Å². The minimum Gasteiger partial charge on any atom is -0.508 e. The zero-order valence-electron chi connectivity index (χ0n) is 11.6. The summed E-state index contributed by atoms with van der Waals surface area (Å²) >= 11 is 0. The molecule has 21 heavy (non-hydrogen) atoms. The van der Waals surface area contributed by atoms with Gasteiger partial charge >= 0.3 is 0 Å². The fourth-order valence-corrected chi connectivity index (χ4v) is 3.87. The molecular weight excluding hydrogens is 264 g/mol. The van der Waals surface area contributed by atoms with E-state index in [1.54, 1.807) is 30.3 Å². The van der Waals surface area contributed by atoms with E-state index in [9.17, 15) is 15.0 Å². The van der Waals surface area contributed by atoms with Gasteiger partial charge in [0, 0.05) is 11.0 Å². The molecule has 2 aliphatic rings. The predicted octanol–water partition coefficient (Wildman–Crippen LogP) is 3.01. The molecule has 2 aliphatic carbocycles. The molecule has 4 rings (SSSR count). The van der Waals surface area contributed by atoms with Crippen molar-refractivity contribution >= 4 is 5.78 Å². The Morgan fingerprint density at radius 1 is 0.857 bits per heavy atom. The second-order valence-electron chi connectivity index (χ2n) is 6.26. The van der Waals surface area contributed by atoms with E-state index >= 15 is 0 Å². The number of phenols is 2. The molecular formula is C18H16O3. The van der Waals surface area contributed by atoms with Crippen molar-refractivity contribution in [2.45, 2.75) is 25.7 Å². The molecule has 1 atom stereocenters. The van der Waals surface area contributed by atoms with Gasteiger partial charge in [0.15, 0.2) is 5.78 Å². The number of rotatable bonds is 0. The van der Waals surface area contributed by atoms with Crippen LogP contribution >= 0.6 is 0 Å². The van der Waals surface area contributed by atoms with Gasteiger partial charge in [-0.1, -0.05) is 6.07 Å². The van der Waals surface area contributed by atoms with Crippen molar-refractivity contribution in [2.24, 2.45) is 5.41 Å². The molecule has 0 saturated carbocycles. The molecule has 0 amide bonds. The Kier molecular flexibility index (Phi) is 2.43. The molecule has 0 bridgehead atoms. The average Bonchev–Trinajstić information content (AvgIpc) is 2.71. The first-order chi connectivity index (χ1) is 10.1. The lowest BCUT2D eigenvalue weighted by Crippen LogP contribution is -2.34. The van der Waals surface area contributed by atoms with Crippen LogP contribution in [-0.2, 0) is 19.3 Å². The van der Waals surface area contributed by atoms with Crippen LogP contribution in [0.25, 0.3) is 0 Å². The molecule has 1 spiro atoms. The highest BCUT2D eigenvalue weighted by atomic mass is 16.3. The van der Waals surface area contributed by atoms with Gasteiger partial charge in [0.05, 0.1) is 0 Å². The van der Waals surface area contributed by atoms with Crippen molar-refractivity contribution in [3.63, 3.8) is 0 Å². The van der Waals surface area contributed by atoms with Gasteiger partial charge in [-0.05, 0) is 72.7 Å². The van der Waals surface area contributed by atoms with Crippen LogP contribution in [0.3, 0.4) is 0 Å². The van der Waals surface area contributed by atoms with Crippen molar-refractivity contribution in [3.8, 4) is 11.5 Å². The first-order valence-electron chi connectivity index (χ1n) is 7.25. The first kappa shape index (κ1) is 12.5. The minimum atomic E-state index is -0.361. The van der Waals surface area contributed by atoms with Gasteiger partial charge in [0.2, 0.25) is 0 Å². The normalized spacial score (nSPS) is 23.1. The molecule has 2 aromatic carbocycles. The molecule has 3 heteroatoms. The molecule has 0 saturated heterocycles. The predicted molar refractivity (Wildman–Crippen MR) is 78.7 cm³/mol. The maximum absolute atomic E-state index is 12.8. The third kappa shape index (κ3) is 1.77. The monoisotopic (exact) mass is 280 g/mol. The molecule has 3 nitrogen and oxygen atoms in total. The van der Waals surface area contributed by atoms with E-state index in [1.165, 1.54) is 0 Å². The van der Waals surface area contributed by atoms with Crippen LogP contribution in [0.4, 0.5) is 0 Å². The van der Waals surface area contributed by atoms with Crippen molar-refractivity contribution in [1.29, 1.82) is 0 Å². The summed E-state index contributed by atoms with van der Waals surface area (Å²) in [5.74, 6) is 0.714. The van der Waals surface area contributed by atoms with Gasteiger partial charge in [0.25, 0.3) is 0 Å². The van der Waals surface area contributed by atoms with E-state index < -0.39 is 0 Å². The number of aryl methyl sites for hydroxylation is 1. The van der Waals surface area contributed by atoms with Crippen LogP contribution in [0.1, 0.15) is 33.5 Å². The van der Waals surface area contributed by atoms with E-state index in [1.807, 2.05) is 6.07 Å². The van der Waals surface area contributed by atoms with Crippen LogP contribution in [0.2, 0.25) is 0 Å². The molecule has 2 N–H and O–H groups in total. The number of benzene rings is 2. The van der Waals surface area contributed by atoms with Crippen molar-refractivity contribution < 1.29 is 15.0 Å². The Hall–Kier alpha value is -2.29. The zero-order valence-corrected chi connectivity index (χ0v) is 11.6. The van der Waals surface area contributed by atoms with Gasteiger partial charge in [0.1, 0.15) is 11.5 Å². The minimum absolute atomic E-state index is 0.205. The average molecular weight is 280 g/mol. The summed E-state index contributed by atoms with van der Waals surface area (Å²) in [4.78, 5) is 12.8. The highest BCUT2D eigenvalue weighted by Crippen LogP contribution is 2.47. The number of phenolic OH excluding ortho intramolecular Hbond substituents is 2. The third-order valence-corrected chi connectivity index (χ3v) is 4.94. The Morgan fingerprint density at radius 2 is 1.52 bits per heavy atom. The lowest BCUT2D eigenvalue weighted by Gasteiger charge is -2.33. The molecule has 0 aromatic heterocycles. The Bertz CT molecular complexity index is 763. The number of fused-ring (bicyclic) bond motifs is 2. The number of carbonyl (C=O) groups excluding carboxylic acids is 1. The number of carbonyl (C=O) groups is 1. The van der Waals surface area contributed by atoms with Crippen molar-refractivity contribution in [2.75, 3.05) is 0 Å². The van der Waals surface area contributed by atoms with Gasteiger partial charge in [-0.15, -0.1) is 0 Å². The van der Waals surface area contributed by atoms with E-state index in [4.69, 9.17) is 0 Å². The molecule has 2 aromatic rings. The number of hydrogen-bond donors (Lipinski definition) is 2. The number of aromatic hydroxyl groups is 2. The highest BCUT2D eigenvalue weighted by Gasteiger charge is 2.47. The molecule has 0 fully saturated rings. The Labute approximate surface area is 122 Å². The number of Topliss-reactive ketones (excluding diaryl/α,β-unsaturated/α-hetero) is 1. The SMILES string of the molecule is O=C1c2ccc(O)cc2CC12CCc1cc(O)ccc1C2. The molecule has 1 unspecified atom stereocenters. The second kappa shape index (κ2) is 4.10. The summed E-state index contributed by atoms with van der Waals surface area (Å²) in [5.41, 5.74) is 3.66. The van der Waals surface area contributed by atoms with E-state index in [-0.39, 0.29) is 22.7 Å². The Morgan fingerprint density at radius 3 is 2.33 bits per heavy atom. The van der Waals surface area contributed by atoms with Gasteiger partial charge < -0.3 is 10.2 Å². The maximum atomic E-state index is 12.8. The van der Waals surface area contributed by atoms with Crippen LogP contribution in [0.5, 0.6) is 11.5 Å². The topological polar surface area (TPSA) is 57.5 Å². The van der Waals surface area contributed by atoms with E-state index in [0.29, 0.717) is 6.42 Å². The standard InChI is InChI=1S/C18H16O3/c19-14-2-1-12-9-18(6-5-11(12)7-14)10-13-8-15(20)3-4-16(13)17(18)21/h1-4,7-8,19-20H,5-6,9-10H2. The van der Waals surface area contributed by atoms with Crippen LogP contribution in [-0.4, -0.2) is 16.0 Å². The molecule has 106 valence electrons. The zero-order chi connectivity index (χ0) is 14.6. The summed E-state index contributed by atoms with van der Waals surface area (Å²) in [6.07, 6.45) is 3.04. The summed E-state index contributed by atoms with van der Waals surface area (Å²) < 4.78 is 0. The molecule has 0 aliphatic heterocycles. The summed E-state index contributed by atoms with van der Waals surface area (Å²) in [6, 6.07) is 10.5.